The Hall–Kier alpha value is -2.32. The van der Waals surface area contributed by atoms with E-state index in [-0.39, 0.29) is 18.4 Å². The van der Waals surface area contributed by atoms with Gasteiger partial charge in [-0.25, -0.2) is 10.2 Å². The number of amides is 1. The minimum absolute atomic E-state index is 0.268. The van der Waals surface area contributed by atoms with Crippen molar-refractivity contribution in [1.82, 2.24) is 30.6 Å². The number of aryl methyl sites for hydroxylation is 1. The second-order valence-corrected chi connectivity index (χ2v) is 7.35. The SMILES string of the molecule is CC(C)n1nnnc1CCN1CCC[C@H]1c1ccc(CCC(=O)NO)cc1. The molecule has 1 fully saturated rings. The molecule has 27 heavy (non-hydrogen) atoms. The minimum atomic E-state index is -0.357. The number of benzene rings is 1. The van der Waals surface area contributed by atoms with E-state index in [0.29, 0.717) is 12.5 Å². The lowest BCUT2D eigenvalue weighted by Gasteiger charge is -2.25. The van der Waals surface area contributed by atoms with Crippen molar-refractivity contribution in [3.63, 3.8) is 0 Å². The summed E-state index contributed by atoms with van der Waals surface area (Å²) in [6.07, 6.45) is 4.10. The molecule has 0 aliphatic carbocycles. The van der Waals surface area contributed by atoms with E-state index < -0.39 is 0 Å². The van der Waals surface area contributed by atoms with Gasteiger partial charge in [0.1, 0.15) is 0 Å². The second kappa shape index (κ2) is 9.05. The van der Waals surface area contributed by atoms with Gasteiger partial charge in [-0.2, -0.15) is 0 Å². The molecule has 146 valence electrons. The number of rotatable bonds is 8. The number of hydrogen-bond donors (Lipinski definition) is 2. The Morgan fingerprint density at radius 1 is 1.30 bits per heavy atom. The average molecular weight is 372 g/mol. The standard InChI is InChI=1S/C19H28N6O2/c1-14(2)25-18(20-22-23-25)11-13-24-12-3-4-17(24)16-8-5-15(6-9-16)7-10-19(26)21-27/h5-6,8-9,14,17,27H,3-4,7,10-13H2,1-2H3,(H,21,26)/t17-/m0/s1. The summed E-state index contributed by atoms with van der Waals surface area (Å²) >= 11 is 0. The largest absolute Gasteiger partial charge is 0.296 e. The van der Waals surface area contributed by atoms with Gasteiger partial charge in [0.2, 0.25) is 5.91 Å². The van der Waals surface area contributed by atoms with Crippen LogP contribution in [0.3, 0.4) is 0 Å². The van der Waals surface area contributed by atoms with Gasteiger partial charge in [0.25, 0.3) is 0 Å². The Bertz CT molecular complexity index is 743. The molecular formula is C19H28N6O2. The summed E-state index contributed by atoms with van der Waals surface area (Å²) in [6.45, 7) is 6.21. The third-order valence-corrected chi connectivity index (χ3v) is 5.17. The highest BCUT2D eigenvalue weighted by Gasteiger charge is 2.26. The molecule has 1 amide bonds. The Labute approximate surface area is 159 Å². The van der Waals surface area contributed by atoms with Gasteiger partial charge in [-0.3, -0.25) is 14.9 Å². The maximum atomic E-state index is 11.2. The van der Waals surface area contributed by atoms with Crippen LogP contribution < -0.4 is 5.48 Å². The van der Waals surface area contributed by atoms with Gasteiger partial charge >= 0.3 is 0 Å². The van der Waals surface area contributed by atoms with E-state index >= 15 is 0 Å². The molecular weight excluding hydrogens is 344 g/mol. The first kappa shape index (κ1) is 19.4. The molecule has 2 heterocycles. The normalized spacial score (nSPS) is 17.6. The topological polar surface area (TPSA) is 96.2 Å². The Balaban J connectivity index is 1.59. The second-order valence-electron chi connectivity index (χ2n) is 7.35. The van der Waals surface area contributed by atoms with Crippen LogP contribution in [0.5, 0.6) is 0 Å². The minimum Gasteiger partial charge on any atom is -0.296 e. The van der Waals surface area contributed by atoms with E-state index in [1.54, 1.807) is 5.48 Å². The summed E-state index contributed by atoms with van der Waals surface area (Å²) in [5, 5.41) is 20.6. The molecule has 1 aliphatic rings. The van der Waals surface area contributed by atoms with E-state index in [0.717, 1.165) is 37.3 Å². The molecule has 0 saturated carbocycles. The number of likely N-dealkylation sites (tertiary alicyclic amines) is 1. The van der Waals surface area contributed by atoms with Crippen LogP contribution in [0.1, 0.15) is 62.1 Å². The summed E-state index contributed by atoms with van der Waals surface area (Å²) < 4.78 is 1.89. The summed E-state index contributed by atoms with van der Waals surface area (Å²) in [5.74, 6) is 0.581. The first-order chi connectivity index (χ1) is 13.1. The molecule has 0 spiro atoms. The summed E-state index contributed by atoms with van der Waals surface area (Å²) in [4.78, 5) is 13.7. The average Bonchev–Trinajstić information content (AvgIpc) is 3.33. The number of carbonyl (C=O) groups excluding carboxylic acids is 1. The number of hydroxylamine groups is 1. The number of aromatic nitrogens is 4. The molecule has 2 aromatic rings. The monoisotopic (exact) mass is 372 g/mol. The van der Waals surface area contributed by atoms with E-state index in [2.05, 4.69) is 58.5 Å². The maximum absolute atomic E-state index is 11.2. The van der Waals surface area contributed by atoms with Gasteiger partial charge in [0.15, 0.2) is 5.82 Å². The van der Waals surface area contributed by atoms with Crippen LogP contribution >= 0.6 is 0 Å². The van der Waals surface area contributed by atoms with Crippen molar-refractivity contribution < 1.29 is 10.0 Å². The number of nitrogens with zero attached hydrogens (tertiary/aromatic N) is 5. The number of hydrogen-bond acceptors (Lipinski definition) is 6. The van der Waals surface area contributed by atoms with Crippen LogP contribution in [0.15, 0.2) is 24.3 Å². The number of nitrogens with one attached hydrogen (secondary N) is 1. The fourth-order valence-electron chi connectivity index (χ4n) is 3.71. The molecule has 1 aromatic carbocycles. The van der Waals surface area contributed by atoms with Gasteiger partial charge in [-0.15, -0.1) is 5.10 Å². The highest BCUT2D eigenvalue weighted by Crippen LogP contribution is 2.32. The third kappa shape index (κ3) is 4.90. The van der Waals surface area contributed by atoms with E-state index in [1.165, 1.54) is 12.0 Å². The predicted octanol–water partition coefficient (Wildman–Crippen LogP) is 2.07. The van der Waals surface area contributed by atoms with Crippen molar-refractivity contribution >= 4 is 5.91 Å². The molecule has 8 heteroatoms. The van der Waals surface area contributed by atoms with E-state index in [4.69, 9.17) is 5.21 Å². The Kier molecular flexibility index (Phi) is 6.52. The van der Waals surface area contributed by atoms with Crippen LogP contribution in [-0.4, -0.2) is 49.3 Å². The zero-order valence-electron chi connectivity index (χ0n) is 16.0. The molecule has 8 nitrogen and oxygen atoms in total. The molecule has 1 aromatic heterocycles. The van der Waals surface area contributed by atoms with Crippen LogP contribution in [0.25, 0.3) is 0 Å². The molecule has 1 aliphatic heterocycles. The smallest absolute Gasteiger partial charge is 0.243 e. The highest BCUT2D eigenvalue weighted by molar-refractivity contribution is 5.74. The molecule has 0 unspecified atom stereocenters. The quantitative estimate of drug-likeness (QED) is 0.544. The summed E-state index contributed by atoms with van der Waals surface area (Å²) in [5.41, 5.74) is 4.08. The lowest BCUT2D eigenvalue weighted by Crippen LogP contribution is -2.27. The molecule has 1 atom stereocenters. The fraction of sp³-hybridized carbons (Fsp3) is 0.579. The van der Waals surface area contributed by atoms with Gasteiger partial charge < -0.3 is 0 Å². The van der Waals surface area contributed by atoms with Crippen molar-refractivity contribution in [3.05, 3.63) is 41.2 Å². The van der Waals surface area contributed by atoms with Gasteiger partial charge in [0, 0.05) is 25.4 Å². The lowest BCUT2D eigenvalue weighted by atomic mass is 10.0. The van der Waals surface area contributed by atoms with Crippen molar-refractivity contribution in [3.8, 4) is 0 Å². The first-order valence-corrected chi connectivity index (χ1v) is 9.61. The third-order valence-electron chi connectivity index (χ3n) is 5.17. The predicted molar refractivity (Wildman–Crippen MR) is 100 cm³/mol. The Morgan fingerprint density at radius 3 is 2.78 bits per heavy atom. The van der Waals surface area contributed by atoms with Crippen molar-refractivity contribution in [1.29, 1.82) is 0 Å². The molecule has 0 radical (unpaired) electrons. The van der Waals surface area contributed by atoms with Gasteiger partial charge in [-0.05, 0) is 61.2 Å². The number of tetrazole rings is 1. The zero-order valence-corrected chi connectivity index (χ0v) is 16.0. The molecule has 1 saturated heterocycles. The highest BCUT2D eigenvalue weighted by atomic mass is 16.5. The first-order valence-electron chi connectivity index (χ1n) is 9.61. The summed E-state index contributed by atoms with van der Waals surface area (Å²) in [7, 11) is 0. The Morgan fingerprint density at radius 2 is 2.07 bits per heavy atom. The van der Waals surface area contributed by atoms with Crippen LogP contribution in [0, 0.1) is 0 Å². The zero-order chi connectivity index (χ0) is 19.2. The van der Waals surface area contributed by atoms with Crippen LogP contribution in [-0.2, 0) is 17.6 Å². The maximum Gasteiger partial charge on any atom is 0.243 e. The van der Waals surface area contributed by atoms with Gasteiger partial charge in [-0.1, -0.05) is 24.3 Å². The lowest BCUT2D eigenvalue weighted by molar-refractivity contribution is -0.129. The van der Waals surface area contributed by atoms with E-state index in [1.807, 2.05) is 4.68 Å². The van der Waals surface area contributed by atoms with Crippen molar-refractivity contribution in [2.75, 3.05) is 13.1 Å². The van der Waals surface area contributed by atoms with E-state index in [9.17, 15) is 4.79 Å². The molecule has 3 rings (SSSR count). The van der Waals surface area contributed by atoms with Crippen molar-refractivity contribution in [2.45, 2.75) is 58.0 Å². The van der Waals surface area contributed by atoms with Crippen LogP contribution in [0.4, 0.5) is 0 Å². The van der Waals surface area contributed by atoms with Gasteiger partial charge in [0.05, 0.1) is 6.04 Å². The molecule has 0 bridgehead atoms. The van der Waals surface area contributed by atoms with Crippen LogP contribution in [0.2, 0.25) is 0 Å². The summed E-state index contributed by atoms with van der Waals surface area (Å²) in [6, 6.07) is 9.17. The van der Waals surface area contributed by atoms with Crippen molar-refractivity contribution in [2.24, 2.45) is 0 Å². The fourth-order valence-corrected chi connectivity index (χ4v) is 3.71. The molecule has 2 N–H and O–H groups in total. The number of carbonyl (C=O) groups is 1.